The molecular weight excluding hydrogens is 252 g/mol. The molecule has 0 bridgehead atoms. The number of para-hydroxylation sites is 2. The van der Waals surface area contributed by atoms with Crippen LogP contribution in [0.1, 0.15) is 26.7 Å². The van der Waals surface area contributed by atoms with Crippen LogP contribution in [0.25, 0.3) is 0 Å². The minimum atomic E-state index is 0.179. The molecule has 2 N–H and O–H groups in total. The summed E-state index contributed by atoms with van der Waals surface area (Å²) in [4.78, 5) is 14.1. The van der Waals surface area contributed by atoms with E-state index in [9.17, 15) is 4.79 Å². The van der Waals surface area contributed by atoms with Crippen LogP contribution >= 0.6 is 0 Å². The van der Waals surface area contributed by atoms with E-state index in [1.807, 2.05) is 23.1 Å². The van der Waals surface area contributed by atoms with Gasteiger partial charge >= 0.3 is 0 Å². The Bertz CT molecular complexity index is 462. The normalized spacial score (nSPS) is 22.6. The largest absolute Gasteiger partial charge is 0.491 e. The third kappa shape index (κ3) is 3.65. The smallest absolute Gasteiger partial charge is 0.226 e. The number of anilines is 1. The first-order chi connectivity index (χ1) is 9.58. The van der Waals surface area contributed by atoms with E-state index in [1.54, 1.807) is 6.07 Å². The first kappa shape index (κ1) is 14.7. The molecule has 1 fully saturated rings. The molecule has 2 rings (SSSR count). The van der Waals surface area contributed by atoms with E-state index in [1.165, 1.54) is 0 Å². The molecule has 110 valence electrons. The molecule has 20 heavy (non-hydrogen) atoms. The summed E-state index contributed by atoms with van der Waals surface area (Å²) in [7, 11) is 0. The summed E-state index contributed by atoms with van der Waals surface area (Å²) in [6, 6.07) is 7.36. The molecule has 0 radical (unpaired) electrons. The first-order valence-electron chi connectivity index (χ1n) is 7.33. The van der Waals surface area contributed by atoms with Crippen molar-refractivity contribution in [3.63, 3.8) is 0 Å². The lowest BCUT2D eigenvalue weighted by Crippen LogP contribution is -2.42. The fourth-order valence-electron chi connectivity index (χ4n) is 2.51. The molecular formula is C16H24N2O2. The van der Waals surface area contributed by atoms with Gasteiger partial charge in [-0.1, -0.05) is 26.0 Å². The number of benzene rings is 1. The van der Waals surface area contributed by atoms with Crippen LogP contribution in [0.3, 0.4) is 0 Å². The van der Waals surface area contributed by atoms with E-state index >= 15 is 0 Å². The van der Waals surface area contributed by atoms with Crippen LogP contribution in [-0.2, 0) is 4.79 Å². The van der Waals surface area contributed by atoms with Crippen molar-refractivity contribution in [1.29, 1.82) is 0 Å². The van der Waals surface area contributed by atoms with Crippen molar-refractivity contribution in [3.8, 4) is 5.75 Å². The van der Waals surface area contributed by atoms with Gasteiger partial charge < -0.3 is 15.4 Å². The summed E-state index contributed by atoms with van der Waals surface area (Å²) in [6.07, 6.45) is 1.51. The third-order valence-electron chi connectivity index (χ3n) is 4.18. The van der Waals surface area contributed by atoms with E-state index in [2.05, 4.69) is 13.8 Å². The highest BCUT2D eigenvalue weighted by Gasteiger charge is 2.25. The highest BCUT2D eigenvalue weighted by atomic mass is 16.5. The number of amides is 1. The number of piperidine rings is 1. The van der Waals surface area contributed by atoms with Gasteiger partial charge in [-0.05, 0) is 30.4 Å². The second-order valence-corrected chi connectivity index (χ2v) is 5.72. The lowest BCUT2D eigenvalue weighted by Gasteiger charge is -2.35. The number of ether oxygens (including phenoxy) is 1. The Balaban J connectivity index is 1.77. The molecule has 0 saturated carbocycles. The Morgan fingerprint density at radius 1 is 1.35 bits per heavy atom. The van der Waals surface area contributed by atoms with Crippen LogP contribution in [0.5, 0.6) is 5.75 Å². The van der Waals surface area contributed by atoms with Gasteiger partial charge in [0.2, 0.25) is 5.91 Å². The second kappa shape index (κ2) is 6.64. The Labute approximate surface area is 120 Å². The lowest BCUT2D eigenvalue weighted by molar-refractivity contribution is -0.134. The number of likely N-dealkylation sites (tertiary alicyclic amines) is 1. The van der Waals surface area contributed by atoms with E-state index in [0.29, 0.717) is 36.3 Å². The maximum atomic E-state index is 12.1. The molecule has 0 spiro atoms. The van der Waals surface area contributed by atoms with Crippen molar-refractivity contribution in [2.24, 2.45) is 11.8 Å². The van der Waals surface area contributed by atoms with Crippen LogP contribution in [0.4, 0.5) is 5.69 Å². The first-order valence-corrected chi connectivity index (χ1v) is 7.33. The molecule has 1 saturated heterocycles. The third-order valence-corrected chi connectivity index (χ3v) is 4.18. The average Bonchev–Trinajstić information content (AvgIpc) is 2.44. The quantitative estimate of drug-likeness (QED) is 0.860. The second-order valence-electron chi connectivity index (χ2n) is 5.72. The van der Waals surface area contributed by atoms with Gasteiger partial charge in [0.05, 0.1) is 18.7 Å². The molecule has 1 aromatic carbocycles. The molecule has 4 nitrogen and oxygen atoms in total. The van der Waals surface area contributed by atoms with Crippen molar-refractivity contribution < 1.29 is 9.53 Å². The number of carbonyl (C=O) groups is 1. The van der Waals surface area contributed by atoms with E-state index in [4.69, 9.17) is 10.5 Å². The Morgan fingerprint density at radius 3 is 2.80 bits per heavy atom. The Morgan fingerprint density at radius 2 is 2.10 bits per heavy atom. The standard InChI is InChI=1S/C16H24N2O2/c1-12-7-9-18(11-13(12)2)16(19)8-10-20-15-6-4-3-5-14(15)17/h3-6,12-13H,7-11,17H2,1-2H3. The molecule has 1 aromatic rings. The molecule has 2 atom stereocenters. The molecule has 1 heterocycles. The molecule has 1 aliphatic rings. The zero-order chi connectivity index (χ0) is 14.5. The number of hydrogen-bond donors (Lipinski definition) is 1. The van der Waals surface area contributed by atoms with Gasteiger partial charge in [0.15, 0.2) is 0 Å². The monoisotopic (exact) mass is 276 g/mol. The number of nitrogen functional groups attached to an aromatic ring is 1. The van der Waals surface area contributed by atoms with Gasteiger partial charge in [0.25, 0.3) is 0 Å². The van der Waals surface area contributed by atoms with E-state index in [-0.39, 0.29) is 5.91 Å². The maximum absolute atomic E-state index is 12.1. The van der Waals surface area contributed by atoms with Crippen molar-refractivity contribution in [3.05, 3.63) is 24.3 Å². The van der Waals surface area contributed by atoms with Gasteiger partial charge in [0.1, 0.15) is 5.75 Å². The minimum Gasteiger partial charge on any atom is -0.491 e. The maximum Gasteiger partial charge on any atom is 0.226 e. The molecule has 0 aliphatic carbocycles. The molecule has 2 unspecified atom stereocenters. The fraction of sp³-hybridized carbons (Fsp3) is 0.562. The van der Waals surface area contributed by atoms with E-state index in [0.717, 1.165) is 19.5 Å². The summed E-state index contributed by atoms with van der Waals surface area (Å²) in [5.74, 6) is 2.12. The van der Waals surface area contributed by atoms with Crippen LogP contribution in [0.15, 0.2) is 24.3 Å². The molecule has 0 aromatic heterocycles. The average molecular weight is 276 g/mol. The van der Waals surface area contributed by atoms with Crippen LogP contribution in [0.2, 0.25) is 0 Å². The predicted octanol–water partition coefficient (Wildman–Crippen LogP) is 2.54. The van der Waals surface area contributed by atoms with Gasteiger partial charge in [-0.3, -0.25) is 4.79 Å². The van der Waals surface area contributed by atoms with Gasteiger partial charge in [0, 0.05) is 13.1 Å². The Kier molecular flexibility index (Phi) is 4.88. The number of nitrogens with zero attached hydrogens (tertiary/aromatic N) is 1. The minimum absolute atomic E-state index is 0.179. The summed E-state index contributed by atoms with van der Waals surface area (Å²) >= 11 is 0. The number of hydrogen-bond acceptors (Lipinski definition) is 3. The summed E-state index contributed by atoms with van der Waals surface area (Å²) in [6.45, 7) is 6.60. The Hall–Kier alpha value is -1.71. The molecule has 1 amide bonds. The van der Waals surface area contributed by atoms with Gasteiger partial charge in [-0.15, -0.1) is 0 Å². The molecule has 1 aliphatic heterocycles. The van der Waals surface area contributed by atoms with Crippen LogP contribution < -0.4 is 10.5 Å². The van der Waals surface area contributed by atoms with Crippen LogP contribution in [-0.4, -0.2) is 30.5 Å². The van der Waals surface area contributed by atoms with E-state index < -0.39 is 0 Å². The van der Waals surface area contributed by atoms with Gasteiger partial charge in [-0.25, -0.2) is 0 Å². The fourth-order valence-corrected chi connectivity index (χ4v) is 2.51. The van der Waals surface area contributed by atoms with Crippen molar-refractivity contribution >= 4 is 11.6 Å². The van der Waals surface area contributed by atoms with Crippen LogP contribution in [0, 0.1) is 11.8 Å². The van der Waals surface area contributed by atoms with Gasteiger partial charge in [-0.2, -0.15) is 0 Å². The lowest BCUT2D eigenvalue weighted by atomic mass is 9.88. The highest BCUT2D eigenvalue weighted by Crippen LogP contribution is 2.23. The van der Waals surface area contributed by atoms with Crippen molar-refractivity contribution in [2.45, 2.75) is 26.7 Å². The number of nitrogens with two attached hydrogens (primary N) is 1. The zero-order valence-electron chi connectivity index (χ0n) is 12.3. The molecule has 4 heteroatoms. The predicted molar refractivity (Wildman–Crippen MR) is 80.5 cm³/mol. The van der Waals surface area contributed by atoms with Crippen molar-refractivity contribution in [2.75, 3.05) is 25.4 Å². The zero-order valence-corrected chi connectivity index (χ0v) is 12.3. The highest BCUT2D eigenvalue weighted by molar-refractivity contribution is 5.76. The summed E-state index contributed by atoms with van der Waals surface area (Å²) in [5.41, 5.74) is 6.40. The number of carbonyl (C=O) groups excluding carboxylic acids is 1. The topological polar surface area (TPSA) is 55.6 Å². The SMILES string of the molecule is CC1CCN(C(=O)CCOc2ccccc2N)CC1C. The summed E-state index contributed by atoms with van der Waals surface area (Å²) < 4.78 is 5.57. The number of rotatable bonds is 4. The summed E-state index contributed by atoms with van der Waals surface area (Å²) in [5, 5.41) is 0. The van der Waals surface area contributed by atoms with Crippen molar-refractivity contribution in [1.82, 2.24) is 4.90 Å².